The lowest BCUT2D eigenvalue weighted by Crippen LogP contribution is -2.37. The van der Waals surface area contributed by atoms with Gasteiger partial charge in [0.25, 0.3) is 5.91 Å². The molecule has 2 aliphatic heterocycles. The Morgan fingerprint density at radius 3 is 2.47 bits per heavy atom. The Morgan fingerprint density at radius 2 is 1.79 bits per heavy atom. The van der Waals surface area contributed by atoms with Gasteiger partial charge in [0.15, 0.2) is 0 Å². The highest BCUT2D eigenvalue weighted by molar-refractivity contribution is 7.83. The highest BCUT2D eigenvalue weighted by Gasteiger charge is 2.44. The molecule has 1 spiro atoms. The van der Waals surface area contributed by atoms with Gasteiger partial charge in [0.1, 0.15) is 11.6 Å². The summed E-state index contributed by atoms with van der Waals surface area (Å²) in [5.41, 5.74) is 4.20. The molecule has 1 atom stereocenters. The molecule has 1 aromatic heterocycles. The van der Waals surface area contributed by atoms with Crippen LogP contribution in [0.25, 0.3) is 0 Å². The van der Waals surface area contributed by atoms with Crippen LogP contribution in [0.15, 0.2) is 30.3 Å². The van der Waals surface area contributed by atoms with Gasteiger partial charge in [-0.2, -0.15) is 0 Å². The Labute approximate surface area is 204 Å². The maximum Gasteiger partial charge on any atom is 0.258 e. The number of amides is 1. The summed E-state index contributed by atoms with van der Waals surface area (Å²) in [6, 6.07) is 9.83. The number of carbonyl (C=O) groups excluding carboxylic acids is 1. The number of pyridine rings is 1. The first-order valence-electron chi connectivity index (χ1n) is 12.2. The molecule has 1 aromatic carbocycles. The van der Waals surface area contributed by atoms with Gasteiger partial charge < -0.3 is 19.9 Å². The highest BCUT2D eigenvalue weighted by Crippen LogP contribution is 2.54. The first kappa shape index (κ1) is 23.3. The summed E-state index contributed by atoms with van der Waals surface area (Å²) >= 11 is 0. The predicted molar refractivity (Wildman–Crippen MR) is 137 cm³/mol. The number of morpholine rings is 1. The van der Waals surface area contributed by atoms with Crippen molar-refractivity contribution in [2.45, 2.75) is 38.4 Å². The molecule has 8 heteroatoms. The lowest BCUT2D eigenvalue weighted by Gasteiger charge is -2.35. The standard InChI is InChI=1S/C26H34N4O3S/c1-19-15-23(27-24(16-19)30-11-13-33-14-12-30)28-25(31)21-4-3-20(18-34(2)32)17-22(21)29-9-7-26(5-6-26)8-10-29/h3-4,15-17H,5-14,18H2,1-2H3,(H,27,28,31). The Kier molecular flexibility index (Phi) is 6.62. The number of aryl methyl sites for hydroxylation is 1. The van der Waals surface area contributed by atoms with Crippen LogP contribution in [0, 0.1) is 12.3 Å². The van der Waals surface area contributed by atoms with E-state index in [2.05, 4.69) is 21.2 Å². The molecule has 182 valence electrons. The average Bonchev–Trinajstić information content (AvgIpc) is 3.58. The summed E-state index contributed by atoms with van der Waals surface area (Å²) in [5, 5.41) is 3.05. The maximum absolute atomic E-state index is 13.5. The van der Waals surface area contributed by atoms with E-state index in [1.807, 2.05) is 31.2 Å². The Balaban J connectivity index is 1.39. The SMILES string of the molecule is Cc1cc(NC(=O)c2ccc(CS(C)=O)cc2N2CCC3(CC2)CC3)nc(N2CCOCC2)c1. The molecule has 34 heavy (non-hydrogen) atoms. The molecule has 2 saturated heterocycles. The third-order valence-electron chi connectivity index (χ3n) is 7.33. The van der Waals surface area contributed by atoms with Gasteiger partial charge in [0.05, 0.1) is 18.8 Å². The second-order valence-corrected chi connectivity index (χ2v) is 11.4. The Bertz CT molecular complexity index is 1090. The van der Waals surface area contributed by atoms with Gasteiger partial charge in [0.2, 0.25) is 0 Å². The molecule has 1 aliphatic carbocycles. The van der Waals surface area contributed by atoms with Gasteiger partial charge in [-0.1, -0.05) is 6.07 Å². The second-order valence-electron chi connectivity index (χ2n) is 10.00. The molecule has 1 saturated carbocycles. The Hall–Kier alpha value is -2.45. The molecule has 1 N–H and O–H groups in total. The van der Waals surface area contributed by atoms with Gasteiger partial charge in [0, 0.05) is 54.7 Å². The first-order chi connectivity index (χ1) is 16.4. The molecule has 2 aromatic rings. The number of anilines is 3. The van der Waals surface area contributed by atoms with E-state index in [9.17, 15) is 9.00 Å². The number of hydrogen-bond acceptors (Lipinski definition) is 6. The minimum absolute atomic E-state index is 0.156. The zero-order valence-electron chi connectivity index (χ0n) is 20.1. The predicted octanol–water partition coefficient (Wildman–Crippen LogP) is 3.74. The number of rotatable bonds is 6. The lowest BCUT2D eigenvalue weighted by molar-refractivity contribution is 0.102. The molecular formula is C26H34N4O3S. The molecular weight excluding hydrogens is 448 g/mol. The van der Waals surface area contributed by atoms with Crippen LogP contribution in [-0.4, -0.2) is 60.7 Å². The number of aromatic nitrogens is 1. The number of ether oxygens (including phenoxy) is 1. The first-order valence-corrected chi connectivity index (χ1v) is 13.9. The summed E-state index contributed by atoms with van der Waals surface area (Å²) in [6.07, 6.45) is 6.76. The molecule has 0 radical (unpaired) electrons. The minimum atomic E-state index is -0.932. The number of piperidine rings is 1. The van der Waals surface area contributed by atoms with Crippen LogP contribution >= 0.6 is 0 Å². The van der Waals surface area contributed by atoms with Gasteiger partial charge >= 0.3 is 0 Å². The van der Waals surface area contributed by atoms with Crippen LogP contribution in [0.2, 0.25) is 0 Å². The normalized spacial score (nSPS) is 20.3. The maximum atomic E-state index is 13.5. The number of carbonyl (C=O) groups is 1. The van der Waals surface area contributed by atoms with E-state index in [-0.39, 0.29) is 5.91 Å². The lowest BCUT2D eigenvalue weighted by atomic mass is 9.92. The van der Waals surface area contributed by atoms with Gasteiger partial charge in [-0.15, -0.1) is 0 Å². The summed E-state index contributed by atoms with van der Waals surface area (Å²) in [7, 11) is -0.932. The fourth-order valence-corrected chi connectivity index (χ4v) is 5.75. The van der Waals surface area contributed by atoms with Crippen LogP contribution < -0.4 is 15.1 Å². The average molecular weight is 483 g/mol. The molecule has 3 fully saturated rings. The van der Waals surface area contributed by atoms with Crippen LogP contribution in [-0.2, 0) is 21.3 Å². The number of nitrogens with zero attached hydrogens (tertiary/aromatic N) is 3. The van der Waals surface area contributed by atoms with Crippen molar-refractivity contribution in [1.82, 2.24) is 4.98 Å². The smallest absolute Gasteiger partial charge is 0.258 e. The van der Waals surface area contributed by atoms with E-state index >= 15 is 0 Å². The van der Waals surface area contributed by atoms with Gasteiger partial charge in [-0.25, -0.2) is 4.98 Å². The van der Waals surface area contributed by atoms with E-state index in [1.54, 1.807) is 6.26 Å². The van der Waals surface area contributed by atoms with Crippen molar-refractivity contribution in [2.24, 2.45) is 5.41 Å². The fourth-order valence-electron chi connectivity index (χ4n) is 5.11. The molecule has 0 bridgehead atoms. The third kappa shape index (κ3) is 5.28. The van der Waals surface area contributed by atoms with E-state index in [4.69, 9.17) is 9.72 Å². The van der Waals surface area contributed by atoms with Crippen molar-refractivity contribution in [3.05, 3.63) is 47.0 Å². The zero-order valence-corrected chi connectivity index (χ0v) is 21.0. The summed E-state index contributed by atoms with van der Waals surface area (Å²) in [6.45, 7) is 6.91. The molecule has 1 amide bonds. The third-order valence-corrected chi connectivity index (χ3v) is 8.07. The van der Waals surface area contributed by atoms with Crippen LogP contribution in [0.4, 0.5) is 17.3 Å². The highest BCUT2D eigenvalue weighted by atomic mass is 32.2. The van der Waals surface area contributed by atoms with Crippen molar-refractivity contribution in [3.8, 4) is 0 Å². The summed E-state index contributed by atoms with van der Waals surface area (Å²) in [4.78, 5) is 22.7. The summed E-state index contributed by atoms with van der Waals surface area (Å²) in [5.74, 6) is 1.77. The van der Waals surface area contributed by atoms with E-state index in [1.165, 1.54) is 25.7 Å². The molecule has 5 rings (SSSR count). The van der Waals surface area contributed by atoms with Crippen molar-refractivity contribution in [1.29, 1.82) is 0 Å². The van der Waals surface area contributed by atoms with Crippen molar-refractivity contribution >= 4 is 34.0 Å². The summed E-state index contributed by atoms with van der Waals surface area (Å²) < 4.78 is 17.3. The van der Waals surface area contributed by atoms with Crippen molar-refractivity contribution in [3.63, 3.8) is 0 Å². The minimum Gasteiger partial charge on any atom is -0.378 e. The van der Waals surface area contributed by atoms with Crippen molar-refractivity contribution in [2.75, 3.05) is 60.8 Å². The van der Waals surface area contributed by atoms with E-state index in [0.717, 1.165) is 48.8 Å². The van der Waals surface area contributed by atoms with Crippen LogP contribution in [0.3, 0.4) is 0 Å². The number of benzene rings is 1. The van der Waals surface area contributed by atoms with Gasteiger partial charge in [-0.3, -0.25) is 9.00 Å². The van der Waals surface area contributed by atoms with E-state index in [0.29, 0.717) is 35.8 Å². The van der Waals surface area contributed by atoms with E-state index < -0.39 is 10.8 Å². The van der Waals surface area contributed by atoms with Gasteiger partial charge in [-0.05, 0) is 73.4 Å². The van der Waals surface area contributed by atoms with Crippen LogP contribution in [0.5, 0.6) is 0 Å². The van der Waals surface area contributed by atoms with Crippen molar-refractivity contribution < 1.29 is 13.7 Å². The molecule has 1 unspecified atom stereocenters. The largest absolute Gasteiger partial charge is 0.378 e. The molecule has 3 heterocycles. The molecule has 7 nitrogen and oxygen atoms in total. The van der Waals surface area contributed by atoms with Crippen LogP contribution in [0.1, 0.15) is 47.2 Å². The number of hydrogen-bond donors (Lipinski definition) is 1. The molecule has 3 aliphatic rings. The topological polar surface area (TPSA) is 74.8 Å². The second kappa shape index (κ2) is 9.66. The quantitative estimate of drug-likeness (QED) is 0.676. The number of nitrogens with one attached hydrogen (secondary N) is 1. The fraction of sp³-hybridized carbons (Fsp3) is 0.538. The zero-order chi connectivity index (χ0) is 23.7. The monoisotopic (exact) mass is 482 g/mol. The Morgan fingerprint density at radius 1 is 1.06 bits per heavy atom.